The first-order valence-electron chi connectivity index (χ1n) is 9.14. The minimum Gasteiger partial charge on any atom is -0.294 e. The first-order chi connectivity index (χ1) is 14.1. The molecule has 0 bridgehead atoms. The monoisotopic (exact) mass is 405 g/mol. The maximum absolute atomic E-state index is 13.0. The zero-order chi connectivity index (χ0) is 20.2. The Labute approximate surface area is 170 Å². The van der Waals surface area contributed by atoms with Crippen LogP contribution in [0.3, 0.4) is 0 Å². The number of hydrogen-bond donors (Lipinski definition) is 2. The summed E-state index contributed by atoms with van der Waals surface area (Å²) in [6, 6.07) is 24.7. The van der Waals surface area contributed by atoms with Crippen LogP contribution in [0, 0.1) is 0 Å². The molecule has 146 valence electrons. The van der Waals surface area contributed by atoms with Gasteiger partial charge in [-0.15, -0.1) is 0 Å². The molecule has 1 unspecified atom stereocenters. The molecule has 29 heavy (non-hydrogen) atoms. The van der Waals surface area contributed by atoms with Crippen LogP contribution in [0.1, 0.15) is 5.56 Å². The second-order valence-corrected chi connectivity index (χ2v) is 7.32. The predicted octanol–water partition coefficient (Wildman–Crippen LogP) is 3.32. The number of nitrogens with zero attached hydrogens (tertiary/aromatic N) is 2. The Hall–Kier alpha value is -3.13. The summed E-state index contributed by atoms with van der Waals surface area (Å²) >= 11 is -2.00. The van der Waals surface area contributed by atoms with Crippen molar-refractivity contribution in [1.82, 2.24) is 14.5 Å². The van der Waals surface area contributed by atoms with Gasteiger partial charge in [-0.25, -0.2) is 8.93 Å². The first kappa shape index (κ1) is 19.2. The fourth-order valence-corrected chi connectivity index (χ4v) is 3.54. The molecule has 0 aliphatic carbocycles. The van der Waals surface area contributed by atoms with Crippen LogP contribution in [0.4, 0.5) is 0 Å². The summed E-state index contributed by atoms with van der Waals surface area (Å²) in [5.41, 5.74) is 3.21. The first-order valence-corrected chi connectivity index (χ1v) is 10.3. The van der Waals surface area contributed by atoms with E-state index in [9.17, 15) is 9.00 Å². The van der Waals surface area contributed by atoms with Gasteiger partial charge in [0.15, 0.2) is 0 Å². The Morgan fingerprint density at radius 2 is 1.55 bits per heavy atom. The van der Waals surface area contributed by atoms with E-state index in [2.05, 4.69) is 9.82 Å². The molecule has 0 amide bonds. The molecule has 0 fully saturated rings. The zero-order valence-corrected chi connectivity index (χ0v) is 16.3. The van der Waals surface area contributed by atoms with E-state index in [4.69, 9.17) is 4.55 Å². The zero-order valence-electron chi connectivity index (χ0n) is 15.5. The predicted molar refractivity (Wildman–Crippen MR) is 115 cm³/mol. The second kappa shape index (κ2) is 8.48. The van der Waals surface area contributed by atoms with E-state index in [-0.39, 0.29) is 5.56 Å². The standard InChI is InChI=1S/C22H19N3O3S/c26-22-20-9-5-4-8-19(20)21(24-25(22)18-6-2-1-3-7-18)17-12-10-16(11-13-17)14-15-23-29(27)28/h1-13,23H,14-15H2,(H,27,28). The van der Waals surface area contributed by atoms with Gasteiger partial charge < -0.3 is 0 Å². The van der Waals surface area contributed by atoms with Gasteiger partial charge in [0.05, 0.1) is 16.8 Å². The van der Waals surface area contributed by atoms with Gasteiger partial charge in [0.2, 0.25) is 11.3 Å². The van der Waals surface area contributed by atoms with Crippen LogP contribution < -0.4 is 10.3 Å². The molecule has 6 nitrogen and oxygen atoms in total. The van der Waals surface area contributed by atoms with Gasteiger partial charge >= 0.3 is 0 Å². The van der Waals surface area contributed by atoms with Crippen molar-refractivity contribution in [2.24, 2.45) is 0 Å². The van der Waals surface area contributed by atoms with Crippen molar-refractivity contribution in [3.05, 3.63) is 94.8 Å². The molecule has 4 aromatic rings. The summed E-state index contributed by atoms with van der Waals surface area (Å²) < 4.78 is 23.4. The lowest BCUT2D eigenvalue weighted by Crippen LogP contribution is -2.22. The van der Waals surface area contributed by atoms with Crippen LogP contribution in [-0.2, 0) is 17.7 Å². The molecule has 7 heteroatoms. The minimum absolute atomic E-state index is 0.157. The number of benzene rings is 3. The van der Waals surface area contributed by atoms with Crippen molar-refractivity contribution in [2.75, 3.05) is 6.54 Å². The largest absolute Gasteiger partial charge is 0.294 e. The smallest absolute Gasteiger partial charge is 0.279 e. The molecule has 0 radical (unpaired) electrons. The van der Waals surface area contributed by atoms with Crippen molar-refractivity contribution < 1.29 is 8.76 Å². The van der Waals surface area contributed by atoms with E-state index >= 15 is 0 Å². The van der Waals surface area contributed by atoms with E-state index < -0.39 is 11.3 Å². The fraction of sp³-hybridized carbons (Fsp3) is 0.0909. The van der Waals surface area contributed by atoms with E-state index in [1.807, 2.05) is 78.9 Å². The molecule has 0 saturated carbocycles. The van der Waals surface area contributed by atoms with Crippen molar-refractivity contribution in [1.29, 1.82) is 0 Å². The summed E-state index contributed by atoms with van der Waals surface area (Å²) in [6.45, 7) is 0.405. The lowest BCUT2D eigenvalue weighted by atomic mass is 10.0. The van der Waals surface area contributed by atoms with Crippen LogP contribution in [0.15, 0.2) is 83.7 Å². The molecule has 1 atom stereocenters. The van der Waals surface area contributed by atoms with Gasteiger partial charge in [-0.05, 0) is 30.2 Å². The number of hydrogen-bond acceptors (Lipinski definition) is 3. The van der Waals surface area contributed by atoms with Crippen molar-refractivity contribution in [3.8, 4) is 16.9 Å². The number of para-hydroxylation sites is 1. The third-order valence-electron chi connectivity index (χ3n) is 4.67. The van der Waals surface area contributed by atoms with Crippen LogP contribution in [-0.4, -0.2) is 25.1 Å². The molecule has 4 rings (SSSR count). The van der Waals surface area contributed by atoms with Crippen molar-refractivity contribution >= 4 is 22.0 Å². The van der Waals surface area contributed by atoms with Crippen LogP contribution in [0.5, 0.6) is 0 Å². The molecule has 0 aliphatic rings. The fourth-order valence-electron chi connectivity index (χ4n) is 3.26. The molecule has 0 spiro atoms. The average molecular weight is 405 g/mol. The minimum atomic E-state index is -2.00. The molecule has 3 aromatic carbocycles. The Balaban J connectivity index is 1.78. The number of nitrogens with one attached hydrogen (secondary N) is 1. The van der Waals surface area contributed by atoms with Gasteiger partial charge in [0.25, 0.3) is 5.56 Å². The lowest BCUT2D eigenvalue weighted by Gasteiger charge is -2.12. The Morgan fingerprint density at radius 1 is 0.897 bits per heavy atom. The van der Waals surface area contributed by atoms with Crippen LogP contribution in [0.2, 0.25) is 0 Å². The maximum Gasteiger partial charge on any atom is 0.279 e. The average Bonchev–Trinajstić information content (AvgIpc) is 2.75. The molecular weight excluding hydrogens is 386 g/mol. The highest BCUT2D eigenvalue weighted by atomic mass is 32.2. The highest BCUT2D eigenvalue weighted by molar-refractivity contribution is 7.77. The van der Waals surface area contributed by atoms with Gasteiger partial charge in [-0.1, -0.05) is 60.7 Å². The van der Waals surface area contributed by atoms with Gasteiger partial charge in [0.1, 0.15) is 0 Å². The SMILES string of the molecule is O=c1c2ccccc2c(-c2ccc(CCNS(=O)O)cc2)nn1-c1ccccc1. The maximum atomic E-state index is 13.0. The third kappa shape index (κ3) is 4.17. The topological polar surface area (TPSA) is 84.2 Å². The Kier molecular flexibility index (Phi) is 5.62. The van der Waals surface area contributed by atoms with E-state index in [1.165, 1.54) is 4.68 Å². The van der Waals surface area contributed by atoms with E-state index in [0.717, 1.165) is 22.2 Å². The van der Waals surface area contributed by atoms with Crippen molar-refractivity contribution in [3.63, 3.8) is 0 Å². The van der Waals surface area contributed by atoms with Gasteiger partial charge in [-0.2, -0.15) is 9.78 Å². The highest BCUT2D eigenvalue weighted by Crippen LogP contribution is 2.25. The molecule has 2 N–H and O–H groups in total. The Morgan fingerprint density at radius 3 is 2.24 bits per heavy atom. The highest BCUT2D eigenvalue weighted by Gasteiger charge is 2.13. The quantitative estimate of drug-likeness (QED) is 0.482. The summed E-state index contributed by atoms with van der Waals surface area (Å²) in [6.07, 6.45) is 0.629. The molecule has 1 aromatic heterocycles. The van der Waals surface area contributed by atoms with Crippen LogP contribution in [0.25, 0.3) is 27.7 Å². The number of aromatic nitrogens is 2. The summed E-state index contributed by atoms with van der Waals surface area (Å²) in [5.74, 6) is 0. The normalized spacial score (nSPS) is 12.2. The molecule has 0 saturated heterocycles. The molecular formula is C22H19N3O3S. The van der Waals surface area contributed by atoms with Crippen molar-refractivity contribution in [2.45, 2.75) is 6.42 Å². The lowest BCUT2D eigenvalue weighted by molar-refractivity contribution is 0.549. The van der Waals surface area contributed by atoms with E-state index in [1.54, 1.807) is 0 Å². The molecule has 0 aliphatic heterocycles. The number of rotatable bonds is 6. The summed E-state index contributed by atoms with van der Waals surface area (Å²) in [5, 5.41) is 6.09. The second-order valence-electron chi connectivity index (χ2n) is 6.54. The summed E-state index contributed by atoms with van der Waals surface area (Å²) in [4.78, 5) is 13.0. The van der Waals surface area contributed by atoms with Gasteiger partial charge in [-0.3, -0.25) is 9.35 Å². The Bertz CT molecular complexity index is 1220. The van der Waals surface area contributed by atoms with E-state index in [0.29, 0.717) is 24.0 Å². The summed E-state index contributed by atoms with van der Waals surface area (Å²) in [7, 11) is 0. The van der Waals surface area contributed by atoms with Gasteiger partial charge in [0, 0.05) is 17.5 Å². The number of fused-ring (bicyclic) bond motifs is 1. The third-order valence-corrected chi connectivity index (χ3v) is 5.12. The van der Waals surface area contributed by atoms with Crippen LogP contribution >= 0.6 is 0 Å². The molecule has 1 heterocycles.